The SMILES string of the molecule is CC(=O)O.COC(=O)Cc1ccc(NC(=O)[C@H](CCCNC(N)=O)NC(=O)[C@H](C)NC(=O)CCN)cc1. The first-order valence-electron chi connectivity index (χ1n) is 11.4. The number of benzene rings is 1. The molecule has 0 heterocycles. The topological polar surface area (TPSA) is 232 Å². The number of hydrogen-bond acceptors (Lipinski definition) is 8. The first-order chi connectivity index (χ1) is 17.4. The summed E-state index contributed by atoms with van der Waals surface area (Å²) in [5.74, 6) is -2.62. The summed E-state index contributed by atoms with van der Waals surface area (Å²) < 4.78 is 4.62. The molecule has 0 bridgehead atoms. The molecule has 0 aliphatic rings. The van der Waals surface area contributed by atoms with Crippen molar-refractivity contribution in [2.75, 3.05) is 25.5 Å². The van der Waals surface area contributed by atoms with Gasteiger partial charge < -0.3 is 42.6 Å². The Balaban J connectivity index is 0.00000300. The number of ether oxygens (including phenoxy) is 1. The van der Waals surface area contributed by atoms with Crippen LogP contribution < -0.4 is 32.7 Å². The third-order valence-corrected chi connectivity index (χ3v) is 4.54. The fourth-order valence-corrected chi connectivity index (χ4v) is 2.77. The number of hydrogen-bond donors (Lipinski definition) is 7. The van der Waals surface area contributed by atoms with Crippen LogP contribution in [0.2, 0.25) is 0 Å². The van der Waals surface area contributed by atoms with Crippen molar-refractivity contribution in [2.24, 2.45) is 11.5 Å². The molecule has 1 aromatic carbocycles. The number of aliphatic carboxylic acids is 1. The molecular formula is C23H36N6O8. The molecule has 0 aromatic heterocycles. The van der Waals surface area contributed by atoms with Gasteiger partial charge >= 0.3 is 12.0 Å². The van der Waals surface area contributed by atoms with E-state index in [4.69, 9.17) is 21.4 Å². The standard InChI is InChI=1S/C21H32N6O6.C2H4O2/c1-13(25-17(28)9-10-22)19(30)27-16(4-3-11-24-21(23)32)20(31)26-15-7-5-14(6-8-15)12-18(29)33-2;1-2(3)4/h5-8,13,16H,3-4,9-12,22H2,1-2H3,(H,25,28)(H,26,31)(H,27,30)(H3,23,24,32);1H3,(H,3,4)/t13-,16-;/m0./s1. The predicted octanol–water partition coefficient (Wildman–Crippen LogP) is -0.782. The molecule has 0 saturated heterocycles. The largest absolute Gasteiger partial charge is 0.481 e. The lowest BCUT2D eigenvalue weighted by molar-refractivity contribution is -0.140. The van der Waals surface area contributed by atoms with Crippen molar-refractivity contribution in [2.45, 2.75) is 51.6 Å². The Morgan fingerprint density at radius 1 is 1.03 bits per heavy atom. The van der Waals surface area contributed by atoms with E-state index in [9.17, 15) is 24.0 Å². The molecule has 0 spiro atoms. The minimum Gasteiger partial charge on any atom is -0.481 e. The van der Waals surface area contributed by atoms with E-state index in [2.05, 4.69) is 26.0 Å². The van der Waals surface area contributed by atoms with E-state index >= 15 is 0 Å². The maximum atomic E-state index is 12.8. The van der Waals surface area contributed by atoms with Crippen molar-refractivity contribution in [1.82, 2.24) is 16.0 Å². The van der Waals surface area contributed by atoms with Gasteiger partial charge in [0.2, 0.25) is 17.7 Å². The van der Waals surface area contributed by atoms with Gasteiger partial charge in [0.1, 0.15) is 12.1 Å². The molecule has 0 unspecified atom stereocenters. The van der Waals surface area contributed by atoms with Crippen LogP contribution in [0.25, 0.3) is 0 Å². The zero-order valence-corrected chi connectivity index (χ0v) is 21.2. The fraction of sp³-hybridized carbons (Fsp3) is 0.478. The van der Waals surface area contributed by atoms with Gasteiger partial charge in [-0.15, -0.1) is 0 Å². The van der Waals surface area contributed by atoms with E-state index in [1.807, 2.05) is 0 Å². The first kappa shape index (κ1) is 32.8. The molecule has 5 amide bonds. The number of esters is 1. The van der Waals surface area contributed by atoms with Gasteiger partial charge in [-0.3, -0.25) is 24.0 Å². The van der Waals surface area contributed by atoms with E-state index in [0.29, 0.717) is 17.7 Å². The van der Waals surface area contributed by atoms with Crippen molar-refractivity contribution >= 4 is 41.4 Å². The average molecular weight is 525 g/mol. The van der Waals surface area contributed by atoms with Crippen LogP contribution in [0, 0.1) is 0 Å². The Labute approximate surface area is 214 Å². The molecule has 37 heavy (non-hydrogen) atoms. The van der Waals surface area contributed by atoms with E-state index < -0.39 is 35.9 Å². The highest BCUT2D eigenvalue weighted by molar-refractivity contribution is 5.98. The first-order valence-corrected chi connectivity index (χ1v) is 11.4. The van der Waals surface area contributed by atoms with Crippen molar-refractivity contribution in [3.8, 4) is 0 Å². The van der Waals surface area contributed by atoms with Gasteiger partial charge in [-0.25, -0.2) is 4.79 Å². The van der Waals surface area contributed by atoms with Crippen LogP contribution in [0.5, 0.6) is 0 Å². The molecule has 1 aromatic rings. The van der Waals surface area contributed by atoms with Crippen LogP contribution in [0.1, 0.15) is 38.7 Å². The van der Waals surface area contributed by atoms with Crippen molar-refractivity contribution in [1.29, 1.82) is 0 Å². The van der Waals surface area contributed by atoms with Crippen LogP contribution in [0.15, 0.2) is 24.3 Å². The molecule has 0 saturated carbocycles. The van der Waals surface area contributed by atoms with E-state index in [1.54, 1.807) is 24.3 Å². The minimum atomic E-state index is -0.934. The number of amides is 5. The summed E-state index contributed by atoms with van der Waals surface area (Å²) in [6.07, 6.45) is 0.755. The number of nitrogens with one attached hydrogen (secondary N) is 4. The van der Waals surface area contributed by atoms with E-state index in [-0.39, 0.29) is 44.2 Å². The maximum absolute atomic E-state index is 12.8. The molecule has 0 aliphatic heterocycles. The van der Waals surface area contributed by atoms with Gasteiger partial charge in [-0.05, 0) is 37.5 Å². The molecule has 206 valence electrons. The summed E-state index contributed by atoms with van der Waals surface area (Å²) in [4.78, 5) is 68.2. The summed E-state index contributed by atoms with van der Waals surface area (Å²) in [5.41, 5.74) is 11.5. The molecule has 0 radical (unpaired) electrons. The van der Waals surface area contributed by atoms with Gasteiger partial charge in [0.15, 0.2) is 0 Å². The summed E-state index contributed by atoms with van der Waals surface area (Å²) in [6, 6.07) is 4.09. The molecule has 2 atom stereocenters. The third-order valence-electron chi connectivity index (χ3n) is 4.54. The monoisotopic (exact) mass is 524 g/mol. The number of urea groups is 1. The Hall–Kier alpha value is -4.20. The van der Waals surface area contributed by atoms with Gasteiger partial charge in [0.25, 0.3) is 5.97 Å². The van der Waals surface area contributed by atoms with Gasteiger partial charge in [0.05, 0.1) is 13.5 Å². The predicted molar refractivity (Wildman–Crippen MR) is 134 cm³/mol. The minimum absolute atomic E-state index is 0.0757. The van der Waals surface area contributed by atoms with Crippen molar-refractivity contribution < 1.29 is 38.6 Å². The average Bonchev–Trinajstić information content (AvgIpc) is 2.81. The molecule has 14 nitrogen and oxygen atoms in total. The lowest BCUT2D eigenvalue weighted by Gasteiger charge is -2.21. The molecular weight excluding hydrogens is 488 g/mol. The van der Waals surface area contributed by atoms with Crippen molar-refractivity contribution in [3.63, 3.8) is 0 Å². The Morgan fingerprint density at radius 3 is 2.14 bits per heavy atom. The van der Waals surface area contributed by atoms with Gasteiger partial charge in [-0.2, -0.15) is 0 Å². The number of carboxylic acid groups (broad SMARTS) is 1. The maximum Gasteiger partial charge on any atom is 0.312 e. The van der Waals surface area contributed by atoms with Gasteiger partial charge in [0, 0.05) is 32.1 Å². The van der Waals surface area contributed by atoms with Crippen LogP contribution >= 0.6 is 0 Å². The normalized spacial score (nSPS) is 11.5. The fourth-order valence-electron chi connectivity index (χ4n) is 2.77. The van der Waals surface area contributed by atoms with Crippen LogP contribution in [-0.2, 0) is 35.1 Å². The molecule has 14 heteroatoms. The summed E-state index contributed by atoms with van der Waals surface area (Å²) in [6.45, 7) is 2.95. The lowest BCUT2D eigenvalue weighted by Crippen LogP contribution is -2.51. The number of primary amides is 1. The Bertz CT molecular complexity index is 918. The number of carbonyl (C=O) groups excluding carboxylic acids is 5. The number of carboxylic acids is 1. The number of nitrogens with two attached hydrogens (primary N) is 2. The van der Waals surface area contributed by atoms with Crippen LogP contribution in [-0.4, -0.2) is 73.1 Å². The number of anilines is 1. The number of rotatable bonds is 13. The third kappa shape index (κ3) is 16.2. The van der Waals surface area contributed by atoms with Crippen LogP contribution in [0.4, 0.5) is 10.5 Å². The van der Waals surface area contributed by atoms with Crippen molar-refractivity contribution in [3.05, 3.63) is 29.8 Å². The molecule has 1 rings (SSSR count). The molecule has 0 fully saturated rings. The number of carbonyl (C=O) groups is 6. The second-order valence-electron chi connectivity index (χ2n) is 7.78. The highest BCUT2D eigenvalue weighted by atomic mass is 16.5. The highest BCUT2D eigenvalue weighted by Crippen LogP contribution is 2.12. The van der Waals surface area contributed by atoms with Crippen LogP contribution in [0.3, 0.4) is 0 Å². The second kappa shape index (κ2) is 18.1. The second-order valence-corrected chi connectivity index (χ2v) is 7.78. The Morgan fingerprint density at radius 2 is 1.62 bits per heavy atom. The zero-order valence-electron chi connectivity index (χ0n) is 21.2. The Kier molecular flexibility index (Phi) is 16.1. The zero-order chi connectivity index (χ0) is 28.4. The summed E-state index contributed by atoms with van der Waals surface area (Å²) in [7, 11) is 1.30. The smallest absolute Gasteiger partial charge is 0.312 e. The summed E-state index contributed by atoms with van der Waals surface area (Å²) >= 11 is 0. The quantitative estimate of drug-likeness (QED) is 0.126. The highest BCUT2D eigenvalue weighted by Gasteiger charge is 2.24. The lowest BCUT2D eigenvalue weighted by atomic mass is 10.1. The number of methoxy groups -OCH3 is 1. The summed E-state index contributed by atoms with van der Waals surface area (Å²) in [5, 5.41) is 17.7. The van der Waals surface area contributed by atoms with E-state index in [0.717, 1.165) is 6.92 Å². The molecule has 0 aliphatic carbocycles. The van der Waals surface area contributed by atoms with E-state index in [1.165, 1.54) is 14.0 Å². The molecule has 9 N–H and O–H groups in total. The van der Waals surface area contributed by atoms with Gasteiger partial charge in [-0.1, -0.05) is 12.1 Å².